The Hall–Kier alpha value is -1.20. The zero-order valence-corrected chi connectivity index (χ0v) is 10.9. The second kappa shape index (κ2) is 7.97. The van der Waals surface area contributed by atoms with Crippen molar-refractivity contribution in [2.24, 2.45) is 0 Å². The average molecular weight is 237 g/mol. The molecule has 0 unspecified atom stereocenters. The summed E-state index contributed by atoms with van der Waals surface area (Å²) in [6.07, 6.45) is 6.21. The number of aromatic nitrogens is 3. The highest BCUT2D eigenvalue weighted by molar-refractivity contribution is 4.90. The molecule has 0 saturated carbocycles. The summed E-state index contributed by atoms with van der Waals surface area (Å²) in [7, 11) is 4.04. The third kappa shape index (κ3) is 5.60. The summed E-state index contributed by atoms with van der Waals surface area (Å²) in [5, 5.41) is 11.2. The predicted octanol–water partition coefficient (Wildman–Crippen LogP) is 0.895. The van der Waals surface area contributed by atoms with E-state index in [9.17, 15) is 0 Å². The third-order valence-electron chi connectivity index (χ3n) is 2.60. The van der Waals surface area contributed by atoms with Crippen LogP contribution in [0.1, 0.15) is 18.5 Å². The summed E-state index contributed by atoms with van der Waals surface area (Å²) in [6.45, 7) is 7.49. The molecule has 5 nitrogen and oxygen atoms in total. The summed E-state index contributed by atoms with van der Waals surface area (Å²) in [5.74, 6) is 0. The molecule has 0 fully saturated rings. The molecule has 96 valence electrons. The number of hydrogen-bond acceptors (Lipinski definition) is 4. The SMILES string of the molecule is C=CCCCN(C)CCn1cc(CNC)nn1. The van der Waals surface area contributed by atoms with Gasteiger partial charge in [0.2, 0.25) is 0 Å². The summed E-state index contributed by atoms with van der Waals surface area (Å²) in [4.78, 5) is 2.31. The number of allylic oxidation sites excluding steroid dienone is 1. The molecule has 0 bridgehead atoms. The molecule has 0 aliphatic carbocycles. The van der Waals surface area contributed by atoms with Crippen molar-refractivity contribution in [3.8, 4) is 0 Å². The van der Waals surface area contributed by atoms with Gasteiger partial charge in [0.1, 0.15) is 0 Å². The van der Waals surface area contributed by atoms with E-state index in [-0.39, 0.29) is 0 Å². The monoisotopic (exact) mass is 237 g/mol. The smallest absolute Gasteiger partial charge is 0.0964 e. The van der Waals surface area contributed by atoms with Gasteiger partial charge in [0.25, 0.3) is 0 Å². The molecular formula is C12H23N5. The molecule has 0 spiro atoms. The van der Waals surface area contributed by atoms with Crippen molar-refractivity contribution >= 4 is 0 Å². The van der Waals surface area contributed by atoms with E-state index in [1.54, 1.807) is 0 Å². The molecule has 17 heavy (non-hydrogen) atoms. The zero-order chi connectivity index (χ0) is 12.5. The van der Waals surface area contributed by atoms with E-state index in [1.165, 1.54) is 6.42 Å². The van der Waals surface area contributed by atoms with Gasteiger partial charge in [-0.25, -0.2) is 0 Å². The van der Waals surface area contributed by atoms with Crippen LogP contribution in [0.5, 0.6) is 0 Å². The van der Waals surface area contributed by atoms with Gasteiger partial charge in [0, 0.05) is 19.3 Å². The van der Waals surface area contributed by atoms with Crippen molar-refractivity contribution in [2.45, 2.75) is 25.9 Å². The Kier molecular flexibility index (Phi) is 6.50. The molecule has 5 heteroatoms. The van der Waals surface area contributed by atoms with Crippen molar-refractivity contribution < 1.29 is 0 Å². The lowest BCUT2D eigenvalue weighted by Crippen LogP contribution is -2.24. The summed E-state index contributed by atoms with van der Waals surface area (Å²) < 4.78 is 1.90. The van der Waals surface area contributed by atoms with E-state index in [4.69, 9.17) is 0 Å². The maximum absolute atomic E-state index is 4.09. The molecule has 1 N–H and O–H groups in total. The zero-order valence-electron chi connectivity index (χ0n) is 10.9. The first-order valence-corrected chi connectivity index (χ1v) is 6.09. The van der Waals surface area contributed by atoms with E-state index in [1.807, 2.05) is 24.0 Å². The van der Waals surface area contributed by atoms with Crippen LogP contribution in [0.4, 0.5) is 0 Å². The van der Waals surface area contributed by atoms with E-state index in [0.717, 1.165) is 38.3 Å². The highest BCUT2D eigenvalue weighted by Gasteiger charge is 2.01. The largest absolute Gasteiger partial charge is 0.314 e. The van der Waals surface area contributed by atoms with E-state index in [2.05, 4.69) is 34.2 Å². The second-order valence-electron chi connectivity index (χ2n) is 4.24. The van der Waals surface area contributed by atoms with Gasteiger partial charge in [-0.1, -0.05) is 11.3 Å². The van der Waals surface area contributed by atoms with Gasteiger partial charge in [-0.15, -0.1) is 11.7 Å². The number of hydrogen-bond donors (Lipinski definition) is 1. The summed E-state index contributed by atoms with van der Waals surface area (Å²) >= 11 is 0. The number of nitrogens with zero attached hydrogens (tertiary/aromatic N) is 4. The minimum Gasteiger partial charge on any atom is -0.314 e. The van der Waals surface area contributed by atoms with Crippen molar-refractivity contribution in [3.63, 3.8) is 0 Å². The van der Waals surface area contributed by atoms with Crippen molar-refractivity contribution in [1.82, 2.24) is 25.2 Å². The van der Waals surface area contributed by atoms with E-state index in [0.29, 0.717) is 0 Å². The minimum atomic E-state index is 0.773. The molecule has 1 aromatic heterocycles. The van der Waals surface area contributed by atoms with Gasteiger partial charge < -0.3 is 10.2 Å². The summed E-state index contributed by atoms with van der Waals surface area (Å²) in [5.41, 5.74) is 0.988. The molecule has 0 aliphatic heterocycles. The molecule has 1 aromatic rings. The Bertz CT molecular complexity index is 320. The molecule has 0 amide bonds. The summed E-state index contributed by atoms with van der Waals surface area (Å²) in [6, 6.07) is 0. The normalized spacial score (nSPS) is 11.0. The fraction of sp³-hybridized carbons (Fsp3) is 0.667. The third-order valence-corrected chi connectivity index (χ3v) is 2.60. The van der Waals surface area contributed by atoms with E-state index < -0.39 is 0 Å². The molecule has 0 radical (unpaired) electrons. The van der Waals surface area contributed by atoms with E-state index >= 15 is 0 Å². The second-order valence-corrected chi connectivity index (χ2v) is 4.24. The Morgan fingerprint density at radius 1 is 1.53 bits per heavy atom. The lowest BCUT2D eigenvalue weighted by molar-refractivity contribution is 0.308. The van der Waals surface area contributed by atoms with Crippen molar-refractivity contribution in [3.05, 3.63) is 24.5 Å². The van der Waals surface area contributed by atoms with Gasteiger partial charge in [-0.2, -0.15) is 0 Å². The molecule has 0 aliphatic rings. The van der Waals surface area contributed by atoms with Gasteiger partial charge in [0.15, 0.2) is 0 Å². The van der Waals surface area contributed by atoms with Gasteiger partial charge >= 0.3 is 0 Å². The average Bonchev–Trinajstić information content (AvgIpc) is 2.75. The van der Waals surface area contributed by atoms with Crippen LogP contribution in [0.2, 0.25) is 0 Å². The van der Waals surface area contributed by atoms with Gasteiger partial charge in [-0.3, -0.25) is 4.68 Å². The topological polar surface area (TPSA) is 46.0 Å². The maximum Gasteiger partial charge on any atom is 0.0964 e. The minimum absolute atomic E-state index is 0.773. The van der Waals surface area contributed by atoms with Crippen LogP contribution in [-0.2, 0) is 13.1 Å². The van der Waals surface area contributed by atoms with Crippen LogP contribution < -0.4 is 5.32 Å². The van der Waals surface area contributed by atoms with Crippen LogP contribution in [0.25, 0.3) is 0 Å². The van der Waals surface area contributed by atoms with Crippen LogP contribution in [0, 0.1) is 0 Å². The van der Waals surface area contributed by atoms with Gasteiger partial charge in [-0.05, 0) is 33.5 Å². The van der Waals surface area contributed by atoms with Crippen LogP contribution in [0.3, 0.4) is 0 Å². The Balaban J connectivity index is 2.21. The number of nitrogens with one attached hydrogen (secondary N) is 1. The van der Waals surface area contributed by atoms with Crippen LogP contribution >= 0.6 is 0 Å². The molecule has 0 aromatic carbocycles. The van der Waals surface area contributed by atoms with Crippen molar-refractivity contribution in [2.75, 3.05) is 27.2 Å². The highest BCUT2D eigenvalue weighted by atomic mass is 15.4. The Morgan fingerprint density at radius 3 is 3.06 bits per heavy atom. The first-order chi connectivity index (χ1) is 8.26. The molecule has 1 heterocycles. The molecular weight excluding hydrogens is 214 g/mol. The number of likely N-dealkylation sites (N-methyl/N-ethyl adjacent to an activating group) is 1. The lowest BCUT2D eigenvalue weighted by Gasteiger charge is -2.15. The van der Waals surface area contributed by atoms with Crippen LogP contribution in [0.15, 0.2) is 18.9 Å². The quantitative estimate of drug-likeness (QED) is 0.512. The lowest BCUT2D eigenvalue weighted by atomic mass is 10.3. The standard InChI is InChI=1S/C12H23N5/c1-4-5-6-7-16(3)8-9-17-11-12(10-13-2)14-15-17/h4,11,13H,1,5-10H2,2-3H3. The Morgan fingerprint density at radius 2 is 2.35 bits per heavy atom. The first-order valence-electron chi connectivity index (χ1n) is 6.09. The fourth-order valence-corrected chi connectivity index (χ4v) is 1.60. The highest BCUT2D eigenvalue weighted by Crippen LogP contribution is 1.96. The predicted molar refractivity (Wildman–Crippen MR) is 69.7 cm³/mol. The Labute approximate surface area is 103 Å². The number of unbranched alkanes of at least 4 members (excludes halogenated alkanes) is 1. The fourth-order valence-electron chi connectivity index (χ4n) is 1.60. The molecule has 0 atom stereocenters. The number of rotatable bonds is 9. The molecule has 1 rings (SSSR count). The maximum atomic E-state index is 4.09. The van der Waals surface area contributed by atoms with Gasteiger partial charge in [0.05, 0.1) is 12.2 Å². The molecule has 0 saturated heterocycles. The first kappa shape index (κ1) is 13.9. The van der Waals surface area contributed by atoms with Crippen LogP contribution in [-0.4, -0.2) is 47.1 Å². The van der Waals surface area contributed by atoms with Crippen molar-refractivity contribution in [1.29, 1.82) is 0 Å².